The number of hydrogen-bond acceptors (Lipinski definition) is 4. The van der Waals surface area contributed by atoms with Gasteiger partial charge in [0.05, 0.1) is 18.3 Å². The van der Waals surface area contributed by atoms with E-state index in [1.807, 2.05) is 0 Å². The molecule has 3 aliphatic rings. The highest BCUT2D eigenvalue weighted by Crippen LogP contribution is 2.41. The lowest BCUT2D eigenvalue weighted by Gasteiger charge is -2.44. The Hall–Kier alpha value is -2.51. The van der Waals surface area contributed by atoms with E-state index in [1.54, 1.807) is 18.2 Å². The first-order chi connectivity index (χ1) is 17.8. The van der Waals surface area contributed by atoms with E-state index in [2.05, 4.69) is 11.8 Å². The zero-order chi connectivity index (χ0) is 26.0. The lowest BCUT2D eigenvalue weighted by molar-refractivity contribution is 0.0470. The van der Waals surface area contributed by atoms with Crippen molar-refractivity contribution in [2.24, 2.45) is 11.3 Å². The maximum absolute atomic E-state index is 15.0. The SMILES string of the molecule is CC1(CN2CCC(COc3ccc(-c4ccc(C(=O)N5CCC[C@@H](O)C5)c(F)c4)c(F)c3)CC2)CCC1. The molecule has 1 N–H and O–H groups in total. The molecule has 3 fully saturated rings. The number of β-amino-alcohol motifs (C(OH)–C–C–N with tert-alkyl or cyclic N) is 1. The van der Waals surface area contributed by atoms with Crippen LogP contribution in [0.5, 0.6) is 5.75 Å². The fourth-order valence-corrected chi connectivity index (χ4v) is 5.99. The van der Waals surface area contributed by atoms with Crippen LogP contribution in [0.4, 0.5) is 8.78 Å². The highest BCUT2D eigenvalue weighted by Gasteiger charge is 2.34. The van der Waals surface area contributed by atoms with Crippen molar-refractivity contribution in [3.05, 3.63) is 53.6 Å². The molecule has 0 spiro atoms. The van der Waals surface area contributed by atoms with E-state index >= 15 is 0 Å². The van der Waals surface area contributed by atoms with Crippen molar-refractivity contribution in [3.63, 3.8) is 0 Å². The summed E-state index contributed by atoms with van der Waals surface area (Å²) in [6.45, 7) is 7.05. The number of amides is 1. The molecule has 2 heterocycles. The van der Waals surface area contributed by atoms with Gasteiger partial charge >= 0.3 is 0 Å². The summed E-state index contributed by atoms with van der Waals surface area (Å²) in [5, 5.41) is 9.82. The number of halogens is 2. The Bertz CT molecular complexity index is 1110. The number of rotatable bonds is 7. The van der Waals surface area contributed by atoms with Gasteiger partial charge in [0.25, 0.3) is 5.91 Å². The van der Waals surface area contributed by atoms with Crippen molar-refractivity contribution in [2.45, 2.75) is 58.0 Å². The van der Waals surface area contributed by atoms with E-state index in [-0.39, 0.29) is 17.7 Å². The van der Waals surface area contributed by atoms with E-state index in [4.69, 9.17) is 4.74 Å². The minimum atomic E-state index is -0.695. The number of aliphatic hydroxyl groups is 1. The van der Waals surface area contributed by atoms with Crippen LogP contribution < -0.4 is 4.74 Å². The molecule has 1 aliphatic carbocycles. The lowest BCUT2D eigenvalue weighted by Crippen LogP contribution is -2.44. The number of nitrogens with zero attached hydrogens (tertiary/aromatic N) is 2. The predicted octanol–water partition coefficient (Wildman–Crippen LogP) is 5.51. The molecule has 0 unspecified atom stereocenters. The second kappa shape index (κ2) is 11.1. The maximum atomic E-state index is 15.0. The number of likely N-dealkylation sites (tertiary alicyclic amines) is 2. The molecule has 5 rings (SSSR count). The van der Waals surface area contributed by atoms with Crippen LogP contribution in [0.15, 0.2) is 36.4 Å². The Morgan fingerprint density at radius 1 is 1.03 bits per heavy atom. The summed E-state index contributed by atoms with van der Waals surface area (Å²) in [5.41, 5.74) is 1.07. The van der Waals surface area contributed by atoms with Crippen LogP contribution in [0.2, 0.25) is 0 Å². The zero-order valence-corrected chi connectivity index (χ0v) is 21.7. The van der Waals surface area contributed by atoms with Crippen molar-refractivity contribution in [1.82, 2.24) is 9.80 Å². The third-order valence-corrected chi connectivity index (χ3v) is 8.49. The van der Waals surface area contributed by atoms with Crippen LogP contribution in [-0.2, 0) is 0 Å². The minimum Gasteiger partial charge on any atom is -0.493 e. The first-order valence-electron chi connectivity index (χ1n) is 13.7. The first-order valence-corrected chi connectivity index (χ1v) is 13.7. The van der Waals surface area contributed by atoms with Gasteiger partial charge in [-0.3, -0.25) is 4.79 Å². The van der Waals surface area contributed by atoms with E-state index in [9.17, 15) is 18.7 Å². The summed E-state index contributed by atoms with van der Waals surface area (Å²) in [6.07, 6.45) is 6.98. The van der Waals surface area contributed by atoms with Crippen LogP contribution in [0.25, 0.3) is 11.1 Å². The average molecular weight is 513 g/mol. The summed E-state index contributed by atoms with van der Waals surface area (Å²) in [6, 6.07) is 8.84. The number of carbonyl (C=O) groups is 1. The second-order valence-electron chi connectivity index (χ2n) is 11.6. The van der Waals surface area contributed by atoms with Crippen LogP contribution >= 0.6 is 0 Å². The number of ether oxygens (including phenoxy) is 1. The third-order valence-electron chi connectivity index (χ3n) is 8.49. The van der Waals surface area contributed by atoms with E-state index in [1.165, 1.54) is 48.9 Å². The van der Waals surface area contributed by atoms with Gasteiger partial charge in [-0.05, 0) is 92.8 Å². The fourth-order valence-electron chi connectivity index (χ4n) is 5.99. The van der Waals surface area contributed by atoms with Crippen LogP contribution in [-0.4, -0.2) is 66.2 Å². The summed E-state index contributed by atoms with van der Waals surface area (Å²) in [7, 11) is 0. The molecule has 7 heteroatoms. The van der Waals surface area contributed by atoms with Crippen molar-refractivity contribution in [2.75, 3.05) is 39.3 Å². The molecule has 2 aromatic carbocycles. The predicted molar refractivity (Wildman–Crippen MR) is 140 cm³/mol. The molecular formula is C30H38F2N2O3. The average Bonchev–Trinajstić information content (AvgIpc) is 2.87. The first kappa shape index (κ1) is 26.1. The number of benzene rings is 2. The van der Waals surface area contributed by atoms with Gasteiger partial charge in [-0.1, -0.05) is 19.4 Å². The summed E-state index contributed by atoms with van der Waals surface area (Å²) in [4.78, 5) is 16.8. The normalized spacial score (nSPS) is 22.5. The lowest BCUT2D eigenvalue weighted by atomic mass is 9.70. The van der Waals surface area contributed by atoms with Crippen molar-refractivity contribution < 1.29 is 23.4 Å². The molecule has 1 saturated carbocycles. The molecule has 37 heavy (non-hydrogen) atoms. The topological polar surface area (TPSA) is 53.0 Å². The Labute approximate surface area is 218 Å². The molecular weight excluding hydrogens is 474 g/mol. The van der Waals surface area contributed by atoms with E-state index < -0.39 is 23.6 Å². The highest BCUT2D eigenvalue weighted by atomic mass is 19.1. The number of aliphatic hydroxyl groups excluding tert-OH is 1. The Kier molecular flexibility index (Phi) is 7.82. The molecule has 200 valence electrons. The summed E-state index contributed by atoms with van der Waals surface area (Å²) < 4.78 is 35.8. The number of hydrogen-bond donors (Lipinski definition) is 1. The van der Waals surface area contributed by atoms with Crippen LogP contribution in [0.3, 0.4) is 0 Å². The van der Waals surface area contributed by atoms with Gasteiger partial charge in [0.2, 0.25) is 0 Å². The van der Waals surface area contributed by atoms with Gasteiger partial charge in [-0.25, -0.2) is 8.78 Å². The minimum absolute atomic E-state index is 0.0638. The molecule has 2 aromatic rings. The van der Waals surface area contributed by atoms with Gasteiger partial charge < -0.3 is 19.6 Å². The standard InChI is InChI=1S/C30H38F2N2O3/c1-30(11-3-12-30)20-33-14-9-21(10-15-33)19-37-24-6-8-25(28(32)17-24)22-5-7-26(27(31)16-22)29(36)34-13-2-4-23(35)18-34/h5-8,16-17,21,23,35H,2-4,9-15,18-20H2,1H3/t23-/m1/s1. The van der Waals surface area contributed by atoms with E-state index in [0.29, 0.717) is 48.6 Å². The Morgan fingerprint density at radius 3 is 2.46 bits per heavy atom. The third kappa shape index (κ3) is 6.15. The Morgan fingerprint density at radius 2 is 1.81 bits per heavy atom. The molecule has 5 nitrogen and oxygen atoms in total. The summed E-state index contributed by atoms with van der Waals surface area (Å²) in [5.74, 6) is -0.691. The molecule has 2 aliphatic heterocycles. The van der Waals surface area contributed by atoms with Crippen LogP contribution in [0, 0.1) is 23.0 Å². The van der Waals surface area contributed by atoms with Gasteiger partial charge in [-0.15, -0.1) is 0 Å². The largest absolute Gasteiger partial charge is 0.493 e. The molecule has 0 bridgehead atoms. The number of carbonyl (C=O) groups excluding carboxylic acids is 1. The van der Waals surface area contributed by atoms with Crippen molar-refractivity contribution in [1.29, 1.82) is 0 Å². The Balaban J connectivity index is 1.16. The molecule has 1 atom stereocenters. The molecule has 0 radical (unpaired) electrons. The second-order valence-corrected chi connectivity index (χ2v) is 11.6. The fraction of sp³-hybridized carbons (Fsp3) is 0.567. The summed E-state index contributed by atoms with van der Waals surface area (Å²) >= 11 is 0. The highest BCUT2D eigenvalue weighted by molar-refractivity contribution is 5.95. The van der Waals surface area contributed by atoms with Crippen molar-refractivity contribution in [3.8, 4) is 16.9 Å². The van der Waals surface area contributed by atoms with Gasteiger partial charge in [0.1, 0.15) is 17.4 Å². The maximum Gasteiger partial charge on any atom is 0.256 e. The molecule has 0 aromatic heterocycles. The van der Waals surface area contributed by atoms with Crippen molar-refractivity contribution >= 4 is 5.91 Å². The monoisotopic (exact) mass is 512 g/mol. The zero-order valence-electron chi connectivity index (χ0n) is 21.7. The smallest absolute Gasteiger partial charge is 0.256 e. The van der Waals surface area contributed by atoms with E-state index in [0.717, 1.165) is 25.9 Å². The number of piperidine rings is 2. The van der Waals surface area contributed by atoms with Gasteiger partial charge in [0.15, 0.2) is 0 Å². The molecule has 2 saturated heterocycles. The quantitative estimate of drug-likeness (QED) is 0.532. The molecule has 1 amide bonds. The van der Waals surface area contributed by atoms with Gasteiger partial charge in [0, 0.05) is 31.3 Å². The van der Waals surface area contributed by atoms with Gasteiger partial charge in [-0.2, -0.15) is 0 Å². The van der Waals surface area contributed by atoms with Crippen LogP contribution in [0.1, 0.15) is 62.2 Å².